The summed E-state index contributed by atoms with van der Waals surface area (Å²) < 4.78 is 16.0. The molecule has 0 aromatic heterocycles. The zero-order valence-corrected chi connectivity index (χ0v) is 5.26. The van der Waals surface area contributed by atoms with Gasteiger partial charge in [0.05, 0.1) is 12.9 Å². The molecular weight excluding hydrogens is 123 g/mol. The Morgan fingerprint density at radius 3 is 2.89 bits per heavy atom. The molecule has 3 heteroatoms. The van der Waals surface area contributed by atoms with Gasteiger partial charge in [0.15, 0.2) is 12.5 Å². The lowest BCUT2D eigenvalue weighted by molar-refractivity contribution is -0.115. The number of hydrogen-bond donors (Lipinski definition) is 0. The summed E-state index contributed by atoms with van der Waals surface area (Å²) in [6, 6.07) is 0. The minimum atomic E-state index is -0.955. The molecule has 52 valence electrons. The van der Waals surface area contributed by atoms with Gasteiger partial charge in [-0.1, -0.05) is 0 Å². The highest BCUT2D eigenvalue weighted by atomic mass is 19.1. The van der Waals surface area contributed by atoms with Crippen LogP contribution in [0.4, 0.5) is 4.39 Å². The van der Waals surface area contributed by atoms with Crippen molar-refractivity contribution in [2.24, 2.45) is 0 Å². The fourth-order valence-corrected chi connectivity index (χ4v) is 0.265. The van der Waals surface area contributed by atoms with Gasteiger partial charge in [-0.05, 0) is 6.92 Å². The Morgan fingerprint density at radius 2 is 2.44 bits per heavy atom. The van der Waals surface area contributed by atoms with Gasteiger partial charge in [0, 0.05) is 6.08 Å². The fraction of sp³-hybridized carbons (Fsp3) is 0.500. The average Bonchev–Trinajstić information content (AvgIpc) is 1.89. The predicted molar refractivity (Wildman–Crippen MR) is 31.7 cm³/mol. The number of rotatable bonds is 4. The van der Waals surface area contributed by atoms with Crippen molar-refractivity contribution in [1.82, 2.24) is 0 Å². The van der Waals surface area contributed by atoms with E-state index < -0.39 is 12.5 Å². The van der Waals surface area contributed by atoms with E-state index in [-0.39, 0.29) is 0 Å². The molecule has 0 radical (unpaired) electrons. The molecule has 0 aliphatic rings. The zero-order chi connectivity index (χ0) is 7.11. The van der Waals surface area contributed by atoms with Crippen LogP contribution in [-0.4, -0.2) is 19.1 Å². The van der Waals surface area contributed by atoms with E-state index in [4.69, 9.17) is 0 Å². The molecule has 0 saturated carbocycles. The fourth-order valence-electron chi connectivity index (χ4n) is 0.265. The molecule has 0 aromatic carbocycles. The van der Waals surface area contributed by atoms with E-state index in [1.165, 1.54) is 6.26 Å². The maximum atomic E-state index is 11.4. The Kier molecular flexibility index (Phi) is 4.78. The molecule has 9 heavy (non-hydrogen) atoms. The molecule has 2 nitrogen and oxygen atoms in total. The molecule has 0 rings (SSSR count). The van der Waals surface area contributed by atoms with Gasteiger partial charge in [0.25, 0.3) is 0 Å². The molecule has 0 unspecified atom stereocenters. The first-order valence-electron chi connectivity index (χ1n) is 2.68. The topological polar surface area (TPSA) is 26.3 Å². The minimum Gasteiger partial charge on any atom is -0.501 e. The van der Waals surface area contributed by atoms with Crippen LogP contribution >= 0.6 is 0 Å². The normalized spacial score (nSPS) is 10.0. The summed E-state index contributed by atoms with van der Waals surface area (Å²) in [4.78, 5) is 10.1. The molecule has 0 aliphatic heterocycles. The van der Waals surface area contributed by atoms with Crippen LogP contribution in [0.3, 0.4) is 0 Å². The first-order valence-corrected chi connectivity index (χ1v) is 2.68. The summed E-state index contributed by atoms with van der Waals surface area (Å²) in [7, 11) is 0. The predicted octanol–water partition coefficient (Wildman–Crippen LogP) is 1.08. The third-order valence-corrected chi connectivity index (χ3v) is 0.649. The van der Waals surface area contributed by atoms with Crippen LogP contribution in [0, 0.1) is 0 Å². The van der Waals surface area contributed by atoms with Crippen LogP contribution < -0.4 is 0 Å². The Hall–Kier alpha value is -0.860. The van der Waals surface area contributed by atoms with Crippen LogP contribution in [0.15, 0.2) is 12.3 Å². The summed E-state index contributed by atoms with van der Waals surface area (Å²) >= 11 is 0. The van der Waals surface area contributed by atoms with Crippen LogP contribution in [0.25, 0.3) is 0 Å². The lowest BCUT2D eigenvalue weighted by Gasteiger charge is -1.89. The highest BCUT2D eigenvalue weighted by Crippen LogP contribution is 1.80. The second kappa shape index (κ2) is 5.28. The quantitative estimate of drug-likeness (QED) is 0.422. The molecule has 0 amide bonds. The number of carbonyl (C=O) groups is 1. The van der Waals surface area contributed by atoms with E-state index in [0.29, 0.717) is 6.61 Å². The monoisotopic (exact) mass is 132 g/mol. The molecule has 0 heterocycles. The van der Waals surface area contributed by atoms with Crippen molar-refractivity contribution in [1.29, 1.82) is 0 Å². The first kappa shape index (κ1) is 8.14. The van der Waals surface area contributed by atoms with Crippen molar-refractivity contribution in [3.63, 3.8) is 0 Å². The van der Waals surface area contributed by atoms with E-state index in [0.717, 1.165) is 6.08 Å². The molecule has 0 spiro atoms. The van der Waals surface area contributed by atoms with Crippen molar-refractivity contribution in [3.05, 3.63) is 12.3 Å². The molecule has 0 fully saturated rings. The number of hydrogen-bond acceptors (Lipinski definition) is 2. The summed E-state index contributed by atoms with van der Waals surface area (Å²) in [6.45, 7) is 1.32. The number of ketones is 1. The Balaban J connectivity index is 3.32. The average molecular weight is 132 g/mol. The summed E-state index contributed by atoms with van der Waals surface area (Å²) in [6.07, 6.45) is 2.27. The highest BCUT2D eigenvalue weighted by molar-refractivity contribution is 5.90. The maximum Gasteiger partial charge on any atom is 0.189 e. The molecule has 0 aromatic rings. The van der Waals surface area contributed by atoms with Crippen molar-refractivity contribution in [2.45, 2.75) is 6.92 Å². The van der Waals surface area contributed by atoms with Gasteiger partial charge in [-0.2, -0.15) is 0 Å². The summed E-state index contributed by atoms with van der Waals surface area (Å²) in [5, 5.41) is 0. The molecular formula is C6H9FO2. The zero-order valence-electron chi connectivity index (χ0n) is 5.26. The highest BCUT2D eigenvalue weighted by Gasteiger charge is 1.90. The summed E-state index contributed by atoms with van der Waals surface area (Å²) in [5.41, 5.74) is 0. The van der Waals surface area contributed by atoms with Crippen LogP contribution in [-0.2, 0) is 9.53 Å². The molecule has 0 saturated heterocycles. The van der Waals surface area contributed by atoms with Gasteiger partial charge in [-0.15, -0.1) is 0 Å². The van der Waals surface area contributed by atoms with E-state index in [1.807, 2.05) is 0 Å². The SMILES string of the molecule is CCO/C=C/C(=O)CF. The van der Waals surface area contributed by atoms with Gasteiger partial charge in [-0.3, -0.25) is 4.79 Å². The Labute approximate surface area is 53.3 Å². The number of allylic oxidation sites excluding steroid dienone is 1. The van der Waals surface area contributed by atoms with E-state index in [2.05, 4.69) is 4.74 Å². The molecule has 0 aliphatic carbocycles. The third-order valence-electron chi connectivity index (χ3n) is 0.649. The number of alkyl halides is 1. The van der Waals surface area contributed by atoms with E-state index in [9.17, 15) is 9.18 Å². The first-order chi connectivity index (χ1) is 4.31. The lowest BCUT2D eigenvalue weighted by Crippen LogP contribution is -1.93. The van der Waals surface area contributed by atoms with Gasteiger partial charge in [0.1, 0.15) is 0 Å². The standard InChI is InChI=1S/C6H9FO2/c1-2-9-4-3-6(8)5-7/h3-4H,2,5H2,1H3/b4-3+. The number of ether oxygens (including phenoxy) is 1. The van der Waals surface area contributed by atoms with Crippen LogP contribution in [0.5, 0.6) is 0 Å². The molecule has 0 N–H and O–H groups in total. The van der Waals surface area contributed by atoms with Crippen LogP contribution in [0.1, 0.15) is 6.92 Å². The Bertz CT molecular complexity index is 110. The van der Waals surface area contributed by atoms with Gasteiger partial charge >= 0.3 is 0 Å². The van der Waals surface area contributed by atoms with Crippen LogP contribution in [0.2, 0.25) is 0 Å². The van der Waals surface area contributed by atoms with Crippen molar-refractivity contribution in [3.8, 4) is 0 Å². The molecule has 0 atom stereocenters. The lowest BCUT2D eigenvalue weighted by atomic mass is 10.4. The number of carbonyl (C=O) groups excluding carboxylic acids is 1. The van der Waals surface area contributed by atoms with Crippen molar-refractivity contribution >= 4 is 5.78 Å². The van der Waals surface area contributed by atoms with Gasteiger partial charge in [0.2, 0.25) is 0 Å². The van der Waals surface area contributed by atoms with E-state index >= 15 is 0 Å². The summed E-state index contributed by atoms with van der Waals surface area (Å²) in [5.74, 6) is -0.566. The van der Waals surface area contributed by atoms with Crippen molar-refractivity contribution in [2.75, 3.05) is 13.3 Å². The third kappa shape index (κ3) is 5.00. The second-order valence-corrected chi connectivity index (χ2v) is 1.36. The Morgan fingerprint density at radius 1 is 1.78 bits per heavy atom. The maximum absolute atomic E-state index is 11.4. The smallest absolute Gasteiger partial charge is 0.189 e. The second-order valence-electron chi connectivity index (χ2n) is 1.36. The van der Waals surface area contributed by atoms with Crippen molar-refractivity contribution < 1.29 is 13.9 Å². The van der Waals surface area contributed by atoms with Gasteiger partial charge in [-0.25, -0.2) is 4.39 Å². The largest absolute Gasteiger partial charge is 0.501 e. The van der Waals surface area contributed by atoms with Gasteiger partial charge < -0.3 is 4.74 Å². The van der Waals surface area contributed by atoms with E-state index in [1.54, 1.807) is 6.92 Å². The molecule has 0 bridgehead atoms. The minimum absolute atomic E-state index is 0.496. The number of halogens is 1.